The van der Waals surface area contributed by atoms with Crippen LogP contribution in [-0.2, 0) is 0 Å². The number of nitro groups is 2. The Bertz CT molecular complexity index is 1090. The Labute approximate surface area is 164 Å². The molecule has 1 heterocycles. The molecular weight excluding hydrogens is 384 g/mol. The molecule has 1 N–H and O–H groups in total. The first-order valence-corrected chi connectivity index (χ1v) is 8.88. The van der Waals surface area contributed by atoms with E-state index in [9.17, 15) is 25.5 Å². The topological polar surface area (TPSA) is 122 Å². The van der Waals surface area contributed by atoms with Gasteiger partial charge in [-0.25, -0.2) is 0 Å². The molecule has 0 bridgehead atoms. The summed E-state index contributed by atoms with van der Waals surface area (Å²) >= 11 is 6.35. The summed E-state index contributed by atoms with van der Waals surface area (Å²) in [5, 5.41) is 35.6. The molecule has 3 atom stereocenters. The summed E-state index contributed by atoms with van der Waals surface area (Å²) in [6.07, 6.45) is 4.63. The quantitative estimate of drug-likeness (QED) is 0.449. The second kappa shape index (κ2) is 6.62. The van der Waals surface area contributed by atoms with Crippen molar-refractivity contribution in [2.45, 2.75) is 18.4 Å². The van der Waals surface area contributed by atoms with Crippen molar-refractivity contribution >= 4 is 28.7 Å². The highest BCUT2D eigenvalue weighted by Gasteiger charge is 2.41. The molecule has 1 aliphatic carbocycles. The monoisotopic (exact) mass is 396 g/mol. The standard InChI is InChI=1S/C19H13ClN4O4/c20-17-5-4-11(23(25)26)7-16(17)19-14-3-1-2-13(14)15-8-12(24(27)28)6-10(9-21)18(15)22-19/h1-2,4-8,13-14,19,22H,3H2/t13-,14+,19-/m1/s1. The summed E-state index contributed by atoms with van der Waals surface area (Å²) in [5.74, 6) is -0.177. The molecule has 0 radical (unpaired) electrons. The van der Waals surface area contributed by atoms with Crippen LogP contribution in [0.4, 0.5) is 17.1 Å². The number of halogens is 1. The molecule has 0 saturated carbocycles. The first-order chi connectivity index (χ1) is 13.4. The van der Waals surface area contributed by atoms with Crippen LogP contribution in [0, 0.1) is 37.5 Å². The summed E-state index contributed by atoms with van der Waals surface area (Å²) in [4.78, 5) is 21.5. The van der Waals surface area contributed by atoms with Gasteiger partial charge in [-0.15, -0.1) is 0 Å². The van der Waals surface area contributed by atoms with Gasteiger partial charge in [-0.3, -0.25) is 20.2 Å². The molecular formula is C19H13ClN4O4. The normalized spacial score (nSPS) is 21.9. The molecule has 2 aromatic rings. The van der Waals surface area contributed by atoms with E-state index in [-0.39, 0.29) is 34.8 Å². The third-order valence-corrected chi connectivity index (χ3v) is 5.65. The van der Waals surface area contributed by atoms with Crippen LogP contribution in [-0.4, -0.2) is 9.85 Å². The minimum atomic E-state index is -0.516. The van der Waals surface area contributed by atoms with Gasteiger partial charge in [-0.2, -0.15) is 5.26 Å². The first-order valence-electron chi connectivity index (χ1n) is 8.50. The van der Waals surface area contributed by atoms with Gasteiger partial charge in [0.25, 0.3) is 11.4 Å². The third-order valence-electron chi connectivity index (χ3n) is 5.31. The predicted octanol–water partition coefficient (Wildman–Crippen LogP) is 4.85. The van der Waals surface area contributed by atoms with E-state index in [4.69, 9.17) is 11.6 Å². The van der Waals surface area contributed by atoms with Crippen molar-refractivity contribution in [3.8, 4) is 6.07 Å². The van der Waals surface area contributed by atoms with Gasteiger partial charge in [0.1, 0.15) is 6.07 Å². The number of rotatable bonds is 3. The van der Waals surface area contributed by atoms with E-state index in [2.05, 4.69) is 5.32 Å². The number of benzene rings is 2. The van der Waals surface area contributed by atoms with Crippen molar-refractivity contribution in [2.24, 2.45) is 5.92 Å². The lowest BCUT2D eigenvalue weighted by Gasteiger charge is -2.38. The Morgan fingerprint density at radius 1 is 1.11 bits per heavy atom. The van der Waals surface area contributed by atoms with Crippen molar-refractivity contribution in [1.82, 2.24) is 0 Å². The number of non-ortho nitro benzene ring substituents is 2. The van der Waals surface area contributed by atoms with Gasteiger partial charge >= 0.3 is 0 Å². The SMILES string of the molecule is N#Cc1cc([N+](=O)[O-])cc2c1N[C@@H](c1cc([N+](=O)[O-])ccc1Cl)[C@H]1CC=C[C@@H]21. The largest absolute Gasteiger partial charge is 0.377 e. The van der Waals surface area contributed by atoms with Gasteiger partial charge in [0.2, 0.25) is 0 Å². The second-order valence-corrected chi connectivity index (χ2v) is 7.17. The molecule has 0 unspecified atom stereocenters. The number of hydrogen-bond donors (Lipinski definition) is 1. The summed E-state index contributed by atoms with van der Waals surface area (Å²) in [6, 6.07) is 8.65. The van der Waals surface area contributed by atoms with Crippen molar-refractivity contribution in [1.29, 1.82) is 5.26 Å². The lowest BCUT2D eigenvalue weighted by Crippen LogP contribution is -2.30. The highest BCUT2D eigenvalue weighted by molar-refractivity contribution is 6.31. The lowest BCUT2D eigenvalue weighted by atomic mass is 9.76. The predicted molar refractivity (Wildman–Crippen MR) is 102 cm³/mol. The first kappa shape index (κ1) is 17.9. The Hall–Kier alpha value is -3.44. The van der Waals surface area contributed by atoms with Crippen molar-refractivity contribution in [3.05, 3.63) is 84.4 Å². The number of nitrogens with one attached hydrogen (secondary N) is 1. The molecule has 140 valence electrons. The number of fused-ring (bicyclic) bond motifs is 3. The molecule has 9 heteroatoms. The summed E-state index contributed by atoms with van der Waals surface area (Å²) in [5.41, 5.74) is 1.72. The molecule has 28 heavy (non-hydrogen) atoms. The van der Waals surface area contributed by atoms with Crippen molar-refractivity contribution in [3.63, 3.8) is 0 Å². The van der Waals surface area contributed by atoms with Gasteiger partial charge in [-0.1, -0.05) is 23.8 Å². The van der Waals surface area contributed by atoms with Crippen LogP contribution in [0.3, 0.4) is 0 Å². The van der Waals surface area contributed by atoms with E-state index in [1.165, 1.54) is 30.3 Å². The van der Waals surface area contributed by atoms with E-state index in [1.54, 1.807) is 0 Å². The molecule has 2 aromatic carbocycles. The fraction of sp³-hybridized carbons (Fsp3) is 0.211. The Balaban J connectivity index is 1.88. The highest BCUT2D eigenvalue weighted by atomic mass is 35.5. The molecule has 4 rings (SSSR count). The van der Waals surface area contributed by atoms with Crippen LogP contribution >= 0.6 is 11.6 Å². The maximum absolute atomic E-state index is 11.3. The van der Waals surface area contributed by atoms with E-state index in [0.717, 1.165) is 0 Å². The van der Waals surface area contributed by atoms with Crippen LogP contribution in [0.2, 0.25) is 5.02 Å². The zero-order valence-electron chi connectivity index (χ0n) is 14.3. The maximum atomic E-state index is 11.3. The van der Waals surface area contributed by atoms with E-state index < -0.39 is 9.85 Å². The van der Waals surface area contributed by atoms with Gasteiger partial charge in [0.15, 0.2) is 0 Å². The fourth-order valence-corrected chi connectivity index (χ4v) is 4.30. The van der Waals surface area contributed by atoms with E-state index in [1.807, 2.05) is 18.2 Å². The minimum Gasteiger partial charge on any atom is -0.377 e. The van der Waals surface area contributed by atoms with Gasteiger partial charge in [-0.05, 0) is 24.0 Å². The second-order valence-electron chi connectivity index (χ2n) is 6.76. The third kappa shape index (κ3) is 2.77. The summed E-state index contributed by atoms with van der Waals surface area (Å²) in [7, 11) is 0. The minimum absolute atomic E-state index is 0.0273. The van der Waals surface area contributed by atoms with Crippen LogP contribution in [0.1, 0.15) is 35.1 Å². The molecule has 2 aliphatic rings. The molecule has 0 amide bonds. The Morgan fingerprint density at radius 3 is 2.50 bits per heavy atom. The molecule has 0 aromatic heterocycles. The number of nitriles is 1. The zero-order valence-corrected chi connectivity index (χ0v) is 15.1. The molecule has 0 spiro atoms. The molecule has 1 aliphatic heterocycles. The number of nitro benzene ring substituents is 2. The molecule has 0 fully saturated rings. The number of anilines is 1. The fourth-order valence-electron chi connectivity index (χ4n) is 4.07. The van der Waals surface area contributed by atoms with Crippen LogP contribution < -0.4 is 5.32 Å². The van der Waals surface area contributed by atoms with Crippen LogP contribution in [0.15, 0.2) is 42.5 Å². The molecule has 0 saturated heterocycles. The zero-order chi connectivity index (χ0) is 20.0. The van der Waals surface area contributed by atoms with Gasteiger partial charge in [0, 0.05) is 40.8 Å². The average molecular weight is 397 g/mol. The highest BCUT2D eigenvalue weighted by Crippen LogP contribution is 2.52. The summed E-state index contributed by atoms with van der Waals surface area (Å²) < 4.78 is 0. The molecule has 8 nitrogen and oxygen atoms in total. The number of allylic oxidation sites excluding steroid dienone is 2. The number of nitrogens with zero attached hydrogens (tertiary/aromatic N) is 3. The average Bonchev–Trinajstić information content (AvgIpc) is 3.17. The van der Waals surface area contributed by atoms with Crippen LogP contribution in [0.25, 0.3) is 0 Å². The maximum Gasteiger partial charge on any atom is 0.271 e. The van der Waals surface area contributed by atoms with E-state index in [0.29, 0.717) is 28.3 Å². The van der Waals surface area contributed by atoms with E-state index >= 15 is 0 Å². The van der Waals surface area contributed by atoms with Gasteiger partial charge < -0.3 is 5.32 Å². The smallest absolute Gasteiger partial charge is 0.271 e. The summed E-state index contributed by atoms with van der Waals surface area (Å²) in [6.45, 7) is 0. The Kier molecular flexibility index (Phi) is 4.24. The Morgan fingerprint density at radius 2 is 1.82 bits per heavy atom. The number of hydrogen-bond acceptors (Lipinski definition) is 6. The van der Waals surface area contributed by atoms with Crippen LogP contribution in [0.5, 0.6) is 0 Å². The van der Waals surface area contributed by atoms with Crippen molar-refractivity contribution < 1.29 is 9.85 Å². The van der Waals surface area contributed by atoms with Gasteiger partial charge in [0.05, 0.1) is 27.1 Å². The lowest BCUT2D eigenvalue weighted by molar-refractivity contribution is -0.385. The van der Waals surface area contributed by atoms with Crippen molar-refractivity contribution in [2.75, 3.05) is 5.32 Å².